The average Bonchev–Trinajstić information content (AvgIpc) is 2.85. The van der Waals surface area contributed by atoms with E-state index in [1.54, 1.807) is 5.56 Å². The van der Waals surface area contributed by atoms with E-state index in [0.717, 1.165) is 5.92 Å². The molecule has 1 aromatic heterocycles. The molecule has 118 valence electrons. The molecule has 2 aliphatic heterocycles. The van der Waals surface area contributed by atoms with Gasteiger partial charge in [-0.2, -0.15) is 0 Å². The van der Waals surface area contributed by atoms with E-state index in [1.807, 2.05) is 11.3 Å². The van der Waals surface area contributed by atoms with Gasteiger partial charge in [0.1, 0.15) is 0 Å². The van der Waals surface area contributed by atoms with Crippen LogP contribution in [0, 0.1) is 5.92 Å². The van der Waals surface area contributed by atoms with E-state index in [2.05, 4.69) is 39.4 Å². The molecule has 2 aromatic rings. The van der Waals surface area contributed by atoms with Gasteiger partial charge in [0, 0.05) is 30.9 Å². The maximum Gasteiger partial charge on any atom is 0.0345 e. The smallest absolute Gasteiger partial charge is 0.0345 e. The lowest BCUT2D eigenvalue weighted by molar-refractivity contribution is 0.164. The molecule has 1 aromatic carbocycles. The van der Waals surface area contributed by atoms with Crippen LogP contribution < -0.4 is 0 Å². The lowest BCUT2D eigenvalue weighted by Crippen LogP contribution is -2.41. The molecule has 2 fully saturated rings. The Kier molecular flexibility index (Phi) is 4.47. The fourth-order valence-corrected chi connectivity index (χ4v) is 5.08. The lowest BCUT2D eigenvalue weighted by Gasteiger charge is -2.31. The van der Waals surface area contributed by atoms with Crippen molar-refractivity contribution in [3.05, 3.63) is 35.2 Å². The van der Waals surface area contributed by atoms with Gasteiger partial charge >= 0.3 is 0 Å². The molecule has 2 atom stereocenters. The van der Waals surface area contributed by atoms with Crippen molar-refractivity contribution >= 4 is 21.4 Å². The fraction of sp³-hybridized carbons (Fsp3) is 0.579. The molecule has 4 rings (SSSR count). The van der Waals surface area contributed by atoms with Gasteiger partial charge in [0.25, 0.3) is 0 Å². The van der Waals surface area contributed by atoms with Crippen molar-refractivity contribution in [2.45, 2.75) is 25.7 Å². The zero-order valence-corrected chi connectivity index (χ0v) is 14.2. The number of fused-ring (bicyclic) bond motifs is 4. The van der Waals surface area contributed by atoms with Gasteiger partial charge in [-0.25, -0.2) is 0 Å². The molecule has 2 unspecified atom stereocenters. The summed E-state index contributed by atoms with van der Waals surface area (Å²) in [5.41, 5.74) is 1.55. The van der Waals surface area contributed by atoms with Crippen molar-refractivity contribution in [3.63, 3.8) is 0 Å². The minimum atomic E-state index is 0.935. The molecule has 0 saturated carbocycles. The third-order valence-electron chi connectivity index (χ3n) is 5.45. The van der Waals surface area contributed by atoms with E-state index in [9.17, 15) is 0 Å². The highest BCUT2D eigenvalue weighted by Crippen LogP contribution is 2.27. The van der Waals surface area contributed by atoms with E-state index < -0.39 is 0 Å². The third-order valence-corrected chi connectivity index (χ3v) is 6.46. The quantitative estimate of drug-likeness (QED) is 0.849. The largest absolute Gasteiger partial charge is 0.302 e. The molecule has 3 heterocycles. The average molecular weight is 314 g/mol. The van der Waals surface area contributed by atoms with E-state index in [1.165, 1.54) is 75.0 Å². The minimum absolute atomic E-state index is 0.935. The maximum absolute atomic E-state index is 2.73. The van der Waals surface area contributed by atoms with Crippen LogP contribution in [-0.4, -0.2) is 49.1 Å². The first-order valence-electron chi connectivity index (χ1n) is 8.78. The summed E-state index contributed by atoms with van der Waals surface area (Å²) < 4.78 is 1.44. The summed E-state index contributed by atoms with van der Waals surface area (Å²) in [6.45, 7) is 7.77. The Balaban J connectivity index is 1.42. The maximum atomic E-state index is 2.73. The molecular weight excluding hydrogens is 288 g/mol. The second kappa shape index (κ2) is 6.69. The zero-order chi connectivity index (χ0) is 14.8. The standard InChI is InChI=1S/C19H26N2S/c1-2-6-19-18(5-1)17(15-22-19)8-11-21-13-12-20-9-3-4-16(14-21)7-10-20/h1-2,5-6,15-16H,3-4,7-14H2. The van der Waals surface area contributed by atoms with Gasteiger partial charge in [0.15, 0.2) is 0 Å². The van der Waals surface area contributed by atoms with Gasteiger partial charge in [-0.1, -0.05) is 18.2 Å². The second-order valence-corrected chi connectivity index (χ2v) is 7.86. The molecule has 3 heteroatoms. The zero-order valence-electron chi connectivity index (χ0n) is 13.3. The summed E-state index contributed by atoms with van der Waals surface area (Å²) in [6.07, 6.45) is 5.47. The van der Waals surface area contributed by atoms with Crippen LogP contribution in [0.4, 0.5) is 0 Å². The Labute approximate surface area is 137 Å². The van der Waals surface area contributed by atoms with Gasteiger partial charge in [0.2, 0.25) is 0 Å². The SMILES string of the molecule is c1ccc2c(CCN3CCN4CCCC(CC4)C3)csc2c1. The Bertz CT molecular complexity index is 621. The normalized spacial score (nSPS) is 26.7. The van der Waals surface area contributed by atoms with E-state index in [0.29, 0.717) is 0 Å². The van der Waals surface area contributed by atoms with Crippen LogP contribution >= 0.6 is 11.3 Å². The van der Waals surface area contributed by atoms with Crippen LogP contribution in [0.3, 0.4) is 0 Å². The molecule has 2 bridgehead atoms. The Hall–Kier alpha value is -0.900. The molecule has 0 radical (unpaired) electrons. The summed E-state index contributed by atoms with van der Waals surface area (Å²) in [5.74, 6) is 0.935. The van der Waals surface area contributed by atoms with Gasteiger partial charge in [-0.3, -0.25) is 0 Å². The third kappa shape index (κ3) is 3.22. The molecule has 22 heavy (non-hydrogen) atoms. The van der Waals surface area contributed by atoms with Crippen molar-refractivity contribution in [3.8, 4) is 0 Å². The number of nitrogens with zero attached hydrogens (tertiary/aromatic N) is 2. The fourth-order valence-electron chi connectivity index (χ4n) is 4.08. The topological polar surface area (TPSA) is 6.48 Å². The van der Waals surface area contributed by atoms with E-state index >= 15 is 0 Å². The van der Waals surface area contributed by atoms with Gasteiger partial charge in [-0.05, 0) is 67.1 Å². The number of hydrogen-bond donors (Lipinski definition) is 0. The number of rotatable bonds is 3. The molecule has 0 spiro atoms. The lowest BCUT2D eigenvalue weighted by atomic mass is 9.99. The Morgan fingerprint density at radius 3 is 3.00 bits per heavy atom. The highest BCUT2D eigenvalue weighted by molar-refractivity contribution is 7.17. The Morgan fingerprint density at radius 2 is 2.00 bits per heavy atom. The van der Waals surface area contributed by atoms with Crippen molar-refractivity contribution in [1.29, 1.82) is 0 Å². The summed E-state index contributed by atoms with van der Waals surface area (Å²) in [7, 11) is 0. The minimum Gasteiger partial charge on any atom is -0.302 e. The molecule has 0 amide bonds. The molecular formula is C19H26N2S. The van der Waals surface area contributed by atoms with Crippen LogP contribution in [0.2, 0.25) is 0 Å². The van der Waals surface area contributed by atoms with Gasteiger partial charge in [0.05, 0.1) is 0 Å². The first kappa shape index (κ1) is 14.7. The predicted octanol–water partition coefficient (Wildman–Crippen LogP) is 3.86. The van der Waals surface area contributed by atoms with E-state index in [-0.39, 0.29) is 0 Å². The van der Waals surface area contributed by atoms with Gasteiger partial charge in [-0.15, -0.1) is 11.3 Å². The van der Waals surface area contributed by atoms with Crippen molar-refractivity contribution in [2.24, 2.45) is 5.92 Å². The molecule has 0 N–H and O–H groups in total. The van der Waals surface area contributed by atoms with Crippen molar-refractivity contribution in [1.82, 2.24) is 9.80 Å². The summed E-state index contributed by atoms with van der Waals surface area (Å²) in [4.78, 5) is 5.42. The van der Waals surface area contributed by atoms with Crippen LogP contribution in [0.5, 0.6) is 0 Å². The monoisotopic (exact) mass is 314 g/mol. The van der Waals surface area contributed by atoms with Crippen LogP contribution in [0.1, 0.15) is 24.8 Å². The Morgan fingerprint density at radius 1 is 1.05 bits per heavy atom. The summed E-state index contributed by atoms with van der Waals surface area (Å²) >= 11 is 1.90. The van der Waals surface area contributed by atoms with E-state index in [4.69, 9.17) is 0 Å². The highest BCUT2D eigenvalue weighted by Gasteiger charge is 2.23. The first-order valence-corrected chi connectivity index (χ1v) is 9.66. The second-order valence-electron chi connectivity index (χ2n) is 6.95. The summed E-state index contributed by atoms with van der Waals surface area (Å²) in [5, 5.41) is 3.85. The van der Waals surface area contributed by atoms with Crippen LogP contribution in [0.25, 0.3) is 10.1 Å². The summed E-state index contributed by atoms with van der Waals surface area (Å²) in [6, 6.07) is 8.85. The highest BCUT2D eigenvalue weighted by atomic mass is 32.1. The van der Waals surface area contributed by atoms with Gasteiger partial charge < -0.3 is 9.80 Å². The first-order chi connectivity index (χ1) is 10.9. The van der Waals surface area contributed by atoms with Crippen LogP contribution in [0.15, 0.2) is 29.6 Å². The number of thiophene rings is 1. The van der Waals surface area contributed by atoms with Crippen LogP contribution in [-0.2, 0) is 6.42 Å². The molecule has 2 nitrogen and oxygen atoms in total. The van der Waals surface area contributed by atoms with Crippen molar-refractivity contribution in [2.75, 3.05) is 39.3 Å². The molecule has 2 aliphatic rings. The molecule has 0 aliphatic carbocycles. The molecule has 2 saturated heterocycles. The number of hydrogen-bond acceptors (Lipinski definition) is 3. The van der Waals surface area contributed by atoms with Crippen molar-refractivity contribution < 1.29 is 0 Å². The number of benzene rings is 1. The predicted molar refractivity (Wildman–Crippen MR) is 95.8 cm³/mol.